The van der Waals surface area contributed by atoms with Crippen molar-refractivity contribution in [3.8, 4) is 0 Å². The van der Waals surface area contributed by atoms with Gasteiger partial charge in [-0.3, -0.25) is 0 Å². The van der Waals surface area contributed by atoms with Crippen LogP contribution >= 0.6 is 27.5 Å². The van der Waals surface area contributed by atoms with E-state index in [2.05, 4.69) is 41.7 Å². The lowest BCUT2D eigenvalue weighted by Crippen LogP contribution is -2.26. The maximum absolute atomic E-state index is 6.10. The SMILES string of the molecule is CC(C)(C)[C@H](N)c1cc(Br)cnc1Cl. The highest BCUT2D eigenvalue weighted by molar-refractivity contribution is 9.10. The molecule has 0 aliphatic heterocycles. The van der Waals surface area contributed by atoms with E-state index >= 15 is 0 Å². The van der Waals surface area contributed by atoms with Gasteiger partial charge in [-0.05, 0) is 27.4 Å². The van der Waals surface area contributed by atoms with Crippen LogP contribution in [-0.2, 0) is 0 Å². The van der Waals surface area contributed by atoms with Crippen molar-refractivity contribution >= 4 is 27.5 Å². The minimum atomic E-state index is -0.111. The zero-order valence-corrected chi connectivity index (χ0v) is 10.9. The number of pyridine rings is 1. The van der Waals surface area contributed by atoms with Crippen molar-refractivity contribution in [2.24, 2.45) is 11.1 Å². The summed E-state index contributed by atoms with van der Waals surface area (Å²) in [4.78, 5) is 4.05. The summed E-state index contributed by atoms with van der Waals surface area (Å²) >= 11 is 9.34. The molecule has 0 amide bonds. The average Bonchev–Trinajstić information content (AvgIpc) is 2.06. The monoisotopic (exact) mass is 276 g/mol. The quantitative estimate of drug-likeness (QED) is 0.797. The van der Waals surface area contributed by atoms with Gasteiger partial charge in [-0.2, -0.15) is 0 Å². The average molecular weight is 278 g/mol. The Morgan fingerprint density at radius 1 is 1.50 bits per heavy atom. The second-order valence-electron chi connectivity index (χ2n) is 4.38. The molecule has 0 unspecified atom stereocenters. The molecule has 0 aliphatic rings. The number of nitrogens with zero attached hydrogens (tertiary/aromatic N) is 1. The molecule has 2 N–H and O–H groups in total. The van der Waals surface area contributed by atoms with E-state index in [-0.39, 0.29) is 11.5 Å². The molecule has 14 heavy (non-hydrogen) atoms. The summed E-state index contributed by atoms with van der Waals surface area (Å²) in [7, 11) is 0. The van der Waals surface area contributed by atoms with Gasteiger partial charge in [0.2, 0.25) is 0 Å². The van der Waals surface area contributed by atoms with E-state index < -0.39 is 0 Å². The van der Waals surface area contributed by atoms with Crippen LogP contribution in [0.25, 0.3) is 0 Å². The van der Waals surface area contributed by atoms with Gasteiger partial charge >= 0.3 is 0 Å². The molecule has 0 fully saturated rings. The number of nitrogens with two attached hydrogens (primary N) is 1. The third-order valence-electron chi connectivity index (χ3n) is 2.10. The van der Waals surface area contributed by atoms with Gasteiger partial charge in [0.05, 0.1) is 0 Å². The number of rotatable bonds is 1. The van der Waals surface area contributed by atoms with Crippen LogP contribution in [0, 0.1) is 5.41 Å². The van der Waals surface area contributed by atoms with E-state index in [4.69, 9.17) is 17.3 Å². The Hall–Kier alpha value is -0.120. The molecule has 0 saturated heterocycles. The van der Waals surface area contributed by atoms with Crippen LogP contribution in [0.3, 0.4) is 0 Å². The summed E-state index contributed by atoms with van der Waals surface area (Å²) in [5.41, 5.74) is 6.96. The smallest absolute Gasteiger partial charge is 0.133 e. The molecule has 4 heteroatoms. The highest BCUT2D eigenvalue weighted by Crippen LogP contribution is 2.34. The third-order valence-corrected chi connectivity index (χ3v) is 2.85. The molecule has 0 aliphatic carbocycles. The number of hydrogen-bond donors (Lipinski definition) is 1. The van der Waals surface area contributed by atoms with Crippen LogP contribution in [-0.4, -0.2) is 4.98 Å². The Morgan fingerprint density at radius 2 is 2.07 bits per heavy atom. The van der Waals surface area contributed by atoms with Crippen LogP contribution in [0.15, 0.2) is 16.7 Å². The molecule has 2 nitrogen and oxygen atoms in total. The topological polar surface area (TPSA) is 38.9 Å². The van der Waals surface area contributed by atoms with Crippen LogP contribution < -0.4 is 5.73 Å². The Kier molecular flexibility index (Phi) is 3.56. The highest BCUT2D eigenvalue weighted by Gasteiger charge is 2.24. The lowest BCUT2D eigenvalue weighted by molar-refractivity contribution is 0.326. The maximum Gasteiger partial charge on any atom is 0.133 e. The number of halogens is 2. The third kappa shape index (κ3) is 2.69. The Labute approximate surface area is 98.0 Å². The lowest BCUT2D eigenvalue weighted by atomic mass is 9.84. The van der Waals surface area contributed by atoms with Gasteiger partial charge in [0, 0.05) is 22.3 Å². The van der Waals surface area contributed by atoms with E-state index in [1.807, 2.05) is 6.07 Å². The summed E-state index contributed by atoms with van der Waals surface area (Å²) in [5, 5.41) is 0.482. The molecule has 1 aromatic heterocycles. The summed E-state index contributed by atoms with van der Waals surface area (Å²) < 4.78 is 0.900. The first-order chi connectivity index (χ1) is 6.32. The number of aromatic nitrogens is 1. The molecule has 1 atom stereocenters. The van der Waals surface area contributed by atoms with Crippen molar-refractivity contribution in [1.29, 1.82) is 0 Å². The molecule has 1 aromatic rings. The van der Waals surface area contributed by atoms with Gasteiger partial charge < -0.3 is 5.73 Å². The molecular formula is C10H14BrClN2. The van der Waals surface area contributed by atoms with Crippen molar-refractivity contribution < 1.29 is 0 Å². The molecular weight excluding hydrogens is 263 g/mol. The second kappa shape index (κ2) is 4.17. The summed E-state index contributed by atoms with van der Waals surface area (Å²) in [6, 6.07) is 1.81. The first-order valence-electron chi connectivity index (χ1n) is 4.39. The fourth-order valence-electron chi connectivity index (χ4n) is 1.12. The summed E-state index contributed by atoms with van der Waals surface area (Å²) in [6.07, 6.45) is 1.67. The standard InChI is InChI=1S/C10H14BrClN2/c1-10(2,3)8(13)7-4-6(11)5-14-9(7)12/h4-5,8H,13H2,1-3H3/t8-/m1/s1. The van der Waals surface area contributed by atoms with Gasteiger partial charge in [-0.25, -0.2) is 4.98 Å². The van der Waals surface area contributed by atoms with E-state index in [1.165, 1.54) is 0 Å². The van der Waals surface area contributed by atoms with Crippen LogP contribution in [0.1, 0.15) is 32.4 Å². The Bertz CT molecular complexity index is 333. The first kappa shape index (κ1) is 12.0. The van der Waals surface area contributed by atoms with Crippen molar-refractivity contribution in [3.05, 3.63) is 27.5 Å². The van der Waals surface area contributed by atoms with Gasteiger partial charge in [-0.1, -0.05) is 32.4 Å². The minimum absolute atomic E-state index is 0.0217. The van der Waals surface area contributed by atoms with Crippen molar-refractivity contribution in [1.82, 2.24) is 4.98 Å². The minimum Gasteiger partial charge on any atom is -0.323 e. The molecule has 1 heterocycles. The predicted molar refractivity (Wildman–Crippen MR) is 63.3 cm³/mol. The maximum atomic E-state index is 6.10. The molecule has 0 radical (unpaired) electrons. The van der Waals surface area contributed by atoms with Crippen LogP contribution in [0.4, 0.5) is 0 Å². The normalized spacial score (nSPS) is 14.1. The van der Waals surface area contributed by atoms with Gasteiger partial charge in [0.1, 0.15) is 5.15 Å². The number of hydrogen-bond acceptors (Lipinski definition) is 2. The van der Waals surface area contributed by atoms with Crippen molar-refractivity contribution in [3.63, 3.8) is 0 Å². The van der Waals surface area contributed by atoms with Crippen molar-refractivity contribution in [2.75, 3.05) is 0 Å². The highest BCUT2D eigenvalue weighted by atomic mass is 79.9. The molecule has 0 bridgehead atoms. The second-order valence-corrected chi connectivity index (χ2v) is 5.65. The lowest BCUT2D eigenvalue weighted by Gasteiger charge is -2.27. The molecule has 0 spiro atoms. The van der Waals surface area contributed by atoms with Crippen LogP contribution in [0.5, 0.6) is 0 Å². The Balaban J connectivity index is 3.12. The first-order valence-corrected chi connectivity index (χ1v) is 5.56. The van der Waals surface area contributed by atoms with Gasteiger partial charge in [-0.15, -0.1) is 0 Å². The zero-order valence-electron chi connectivity index (χ0n) is 8.51. The van der Waals surface area contributed by atoms with Gasteiger partial charge in [0.25, 0.3) is 0 Å². The molecule has 1 rings (SSSR count). The Morgan fingerprint density at radius 3 is 2.57 bits per heavy atom. The van der Waals surface area contributed by atoms with E-state index in [0.717, 1.165) is 10.0 Å². The van der Waals surface area contributed by atoms with E-state index in [0.29, 0.717) is 5.15 Å². The fourth-order valence-corrected chi connectivity index (χ4v) is 1.69. The van der Waals surface area contributed by atoms with Crippen molar-refractivity contribution in [2.45, 2.75) is 26.8 Å². The zero-order chi connectivity index (χ0) is 10.9. The fraction of sp³-hybridized carbons (Fsp3) is 0.500. The van der Waals surface area contributed by atoms with E-state index in [1.54, 1.807) is 6.20 Å². The predicted octanol–water partition coefficient (Wildman–Crippen LogP) is 3.54. The molecule has 0 aromatic carbocycles. The molecule has 0 saturated carbocycles. The van der Waals surface area contributed by atoms with E-state index in [9.17, 15) is 0 Å². The molecule has 78 valence electrons. The van der Waals surface area contributed by atoms with Gasteiger partial charge in [0.15, 0.2) is 0 Å². The van der Waals surface area contributed by atoms with Crippen LogP contribution in [0.2, 0.25) is 5.15 Å². The summed E-state index contributed by atoms with van der Waals surface area (Å²) in [5.74, 6) is 0. The largest absolute Gasteiger partial charge is 0.323 e. The summed E-state index contributed by atoms with van der Waals surface area (Å²) in [6.45, 7) is 6.23.